The number of benzene rings is 2. The van der Waals surface area contributed by atoms with Crippen LogP contribution in [0.25, 0.3) is 11.0 Å². The van der Waals surface area contributed by atoms with E-state index in [9.17, 15) is 0 Å². The van der Waals surface area contributed by atoms with Crippen molar-refractivity contribution in [3.05, 3.63) is 53.3 Å². The molecule has 0 radical (unpaired) electrons. The largest absolute Gasteiger partial charge is 0.494 e. The van der Waals surface area contributed by atoms with Crippen LogP contribution in [0, 0.1) is 13.8 Å². The minimum Gasteiger partial charge on any atom is -0.494 e. The Hall–Kier alpha value is -2.49. The molecule has 120 valence electrons. The van der Waals surface area contributed by atoms with Crippen molar-refractivity contribution >= 4 is 11.0 Å². The molecule has 0 spiro atoms. The Morgan fingerprint density at radius 2 is 1.78 bits per heavy atom. The fourth-order valence-electron chi connectivity index (χ4n) is 2.72. The van der Waals surface area contributed by atoms with Crippen molar-refractivity contribution < 1.29 is 9.47 Å². The maximum atomic E-state index is 6.04. The van der Waals surface area contributed by atoms with Crippen molar-refractivity contribution in [2.75, 3.05) is 6.61 Å². The highest BCUT2D eigenvalue weighted by Crippen LogP contribution is 2.25. The topological polar surface area (TPSA) is 47.1 Å². The first-order valence-electron chi connectivity index (χ1n) is 7.92. The number of ether oxygens (including phenoxy) is 2. The number of rotatable bonds is 5. The number of aromatic nitrogens is 2. The van der Waals surface area contributed by atoms with Gasteiger partial charge >= 0.3 is 0 Å². The van der Waals surface area contributed by atoms with Crippen LogP contribution in [0.15, 0.2) is 36.4 Å². The van der Waals surface area contributed by atoms with Gasteiger partial charge in [-0.2, -0.15) is 0 Å². The molecule has 23 heavy (non-hydrogen) atoms. The smallest absolute Gasteiger partial charge is 0.153 e. The predicted molar refractivity (Wildman–Crippen MR) is 92.2 cm³/mol. The van der Waals surface area contributed by atoms with Crippen LogP contribution in [0.2, 0.25) is 0 Å². The lowest BCUT2D eigenvalue weighted by atomic mass is 10.1. The minimum atomic E-state index is -0.154. The van der Waals surface area contributed by atoms with Crippen molar-refractivity contribution in [1.82, 2.24) is 9.97 Å². The van der Waals surface area contributed by atoms with Gasteiger partial charge < -0.3 is 14.5 Å². The number of hydrogen-bond acceptors (Lipinski definition) is 3. The molecular weight excluding hydrogens is 288 g/mol. The van der Waals surface area contributed by atoms with Crippen LogP contribution in [0.5, 0.6) is 11.5 Å². The van der Waals surface area contributed by atoms with Crippen LogP contribution in [-0.4, -0.2) is 16.6 Å². The molecule has 0 aliphatic carbocycles. The number of nitrogens with zero attached hydrogens (tertiary/aromatic N) is 1. The Morgan fingerprint density at radius 3 is 2.48 bits per heavy atom. The summed E-state index contributed by atoms with van der Waals surface area (Å²) in [4.78, 5) is 7.95. The SMILES string of the molecule is CCOc1ccc2nc(C(C)Oc3cc(C)cc(C)c3)[nH]c2c1. The highest BCUT2D eigenvalue weighted by molar-refractivity contribution is 5.76. The second kappa shape index (κ2) is 6.32. The first kappa shape index (κ1) is 15.4. The molecule has 0 saturated carbocycles. The Balaban J connectivity index is 1.84. The summed E-state index contributed by atoms with van der Waals surface area (Å²) in [5.74, 6) is 2.52. The van der Waals surface area contributed by atoms with E-state index in [0.29, 0.717) is 6.61 Å². The molecule has 0 aliphatic rings. The zero-order valence-electron chi connectivity index (χ0n) is 14.0. The molecule has 1 aromatic heterocycles. The Morgan fingerprint density at radius 1 is 1.04 bits per heavy atom. The summed E-state index contributed by atoms with van der Waals surface area (Å²) in [6.45, 7) is 8.77. The third-order valence-electron chi connectivity index (χ3n) is 3.68. The number of imidazole rings is 1. The molecule has 0 saturated heterocycles. The molecule has 3 aromatic rings. The van der Waals surface area contributed by atoms with Crippen LogP contribution >= 0.6 is 0 Å². The molecule has 1 unspecified atom stereocenters. The maximum absolute atomic E-state index is 6.04. The average Bonchev–Trinajstić information content (AvgIpc) is 2.89. The van der Waals surface area contributed by atoms with Crippen LogP contribution in [0.4, 0.5) is 0 Å². The normalized spacial score (nSPS) is 12.3. The van der Waals surface area contributed by atoms with Gasteiger partial charge in [-0.15, -0.1) is 0 Å². The minimum absolute atomic E-state index is 0.154. The number of aryl methyl sites for hydroxylation is 2. The number of fused-ring (bicyclic) bond motifs is 1. The molecule has 4 heteroatoms. The van der Waals surface area contributed by atoms with Crippen molar-refractivity contribution in [2.45, 2.75) is 33.8 Å². The molecule has 0 amide bonds. The van der Waals surface area contributed by atoms with Gasteiger partial charge in [0.2, 0.25) is 0 Å². The van der Waals surface area contributed by atoms with Gasteiger partial charge in [-0.25, -0.2) is 4.98 Å². The number of aromatic amines is 1. The van der Waals surface area contributed by atoms with Crippen molar-refractivity contribution in [3.63, 3.8) is 0 Å². The lowest BCUT2D eigenvalue weighted by Crippen LogP contribution is -2.05. The van der Waals surface area contributed by atoms with E-state index in [1.54, 1.807) is 0 Å². The van der Waals surface area contributed by atoms with Gasteiger partial charge in [0, 0.05) is 6.07 Å². The lowest BCUT2D eigenvalue weighted by molar-refractivity contribution is 0.218. The van der Waals surface area contributed by atoms with E-state index in [2.05, 4.69) is 29.9 Å². The van der Waals surface area contributed by atoms with E-state index in [1.165, 1.54) is 11.1 Å². The van der Waals surface area contributed by atoms with Gasteiger partial charge in [0.1, 0.15) is 17.3 Å². The fourth-order valence-corrected chi connectivity index (χ4v) is 2.72. The molecule has 3 rings (SSSR count). The molecule has 0 aliphatic heterocycles. The van der Waals surface area contributed by atoms with E-state index < -0.39 is 0 Å². The van der Waals surface area contributed by atoms with Crippen LogP contribution in [-0.2, 0) is 0 Å². The molecule has 1 atom stereocenters. The third kappa shape index (κ3) is 3.47. The van der Waals surface area contributed by atoms with Gasteiger partial charge in [-0.1, -0.05) is 6.07 Å². The van der Waals surface area contributed by atoms with Gasteiger partial charge in [-0.3, -0.25) is 0 Å². The molecule has 1 heterocycles. The lowest BCUT2D eigenvalue weighted by Gasteiger charge is -2.13. The second-order valence-corrected chi connectivity index (χ2v) is 5.82. The molecule has 4 nitrogen and oxygen atoms in total. The molecule has 2 aromatic carbocycles. The Bertz CT molecular complexity index is 803. The maximum Gasteiger partial charge on any atom is 0.153 e. The Labute approximate surface area is 136 Å². The van der Waals surface area contributed by atoms with Crippen LogP contribution in [0.1, 0.15) is 36.9 Å². The first-order chi connectivity index (χ1) is 11.0. The standard InChI is InChI=1S/C19H22N2O2/c1-5-22-15-6-7-17-18(11-15)21-19(20-17)14(4)23-16-9-12(2)8-13(3)10-16/h6-11,14H,5H2,1-4H3,(H,20,21). The van der Waals surface area contributed by atoms with E-state index in [1.807, 2.05) is 44.2 Å². The van der Waals surface area contributed by atoms with E-state index in [0.717, 1.165) is 28.4 Å². The fraction of sp³-hybridized carbons (Fsp3) is 0.316. The van der Waals surface area contributed by atoms with Gasteiger partial charge in [0.15, 0.2) is 6.10 Å². The molecule has 0 bridgehead atoms. The second-order valence-electron chi connectivity index (χ2n) is 5.82. The first-order valence-corrected chi connectivity index (χ1v) is 7.92. The monoisotopic (exact) mass is 310 g/mol. The average molecular weight is 310 g/mol. The van der Waals surface area contributed by atoms with Gasteiger partial charge in [-0.05, 0) is 63.1 Å². The molecule has 1 N–H and O–H groups in total. The molecular formula is C19H22N2O2. The van der Waals surface area contributed by atoms with E-state index >= 15 is 0 Å². The van der Waals surface area contributed by atoms with Crippen LogP contribution in [0.3, 0.4) is 0 Å². The predicted octanol–water partition coefficient (Wildman–Crippen LogP) is 4.72. The number of H-pyrrole nitrogens is 1. The highest BCUT2D eigenvalue weighted by atomic mass is 16.5. The summed E-state index contributed by atoms with van der Waals surface area (Å²) in [7, 11) is 0. The van der Waals surface area contributed by atoms with Gasteiger partial charge in [0.05, 0.1) is 17.6 Å². The van der Waals surface area contributed by atoms with E-state index in [4.69, 9.17) is 9.47 Å². The zero-order chi connectivity index (χ0) is 16.4. The summed E-state index contributed by atoms with van der Waals surface area (Å²) in [5.41, 5.74) is 4.26. The summed E-state index contributed by atoms with van der Waals surface area (Å²) >= 11 is 0. The number of hydrogen-bond donors (Lipinski definition) is 1. The molecule has 0 fully saturated rings. The Kier molecular flexibility index (Phi) is 4.24. The zero-order valence-corrected chi connectivity index (χ0v) is 14.0. The van der Waals surface area contributed by atoms with Crippen LogP contribution < -0.4 is 9.47 Å². The number of nitrogens with one attached hydrogen (secondary N) is 1. The van der Waals surface area contributed by atoms with Crippen molar-refractivity contribution in [2.24, 2.45) is 0 Å². The quantitative estimate of drug-likeness (QED) is 0.742. The summed E-state index contributed by atoms with van der Waals surface area (Å²) in [6, 6.07) is 12.1. The van der Waals surface area contributed by atoms with Crippen molar-refractivity contribution in [3.8, 4) is 11.5 Å². The third-order valence-corrected chi connectivity index (χ3v) is 3.68. The summed E-state index contributed by atoms with van der Waals surface area (Å²) in [6.07, 6.45) is -0.154. The summed E-state index contributed by atoms with van der Waals surface area (Å²) < 4.78 is 11.6. The highest BCUT2D eigenvalue weighted by Gasteiger charge is 2.13. The van der Waals surface area contributed by atoms with Crippen molar-refractivity contribution in [1.29, 1.82) is 0 Å². The van der Waals surface area contributed by atoms with E-state index in [-0.39, 0.29) is 6.10 Å². The summed E-state index contributed by atoms with van der Waals surface area (Å²) in [5, 5.41) is 0. The van der Waals surface area contributed by atoms with Gasteiger partial charge in [0.25, 0.3) is 0 Å².